The molecular weight excluding hydrogens is 245 g/mol. The second-order valence-electron chi connectivity index (χ2n) is 3.13. The topological polar surface area (TPSA) is 26.3 Å². The Morgan fingerprint density at radius 2 is 1.94 bits per heavy atom. The van der Waals surface area contributed by atoms with Gasteiger partial charge in [-0.3, -0.25) is 4.79 Å². The maximum atomic E-state index is 12.2. The van der Waals surface area contributed by atoms with Gasteiger partial charge in [-0.1, -0.05) is 11.6 Å². The minimum Gasteiger partial charge on any atom is -0.496 e. The van der Waals surface area contributed by atoms with Crippen LogP contribution in [0.15, 0.2) is 12.1 Å². The maximum Gasteiger partial charge on any atom is 0.454 e. The lowest BCUT2D eigenvalue weighted by Gasteiger charge is -2.10. The van der Waals surface area contributed by atoms with Crippen LogP contribution < -0.4 is 4.74 Å². The van der Waals surface area contributed by atoms with Gasteiger partial charge in [-0.05, 0) is 24.6 Å². The maximum absolute atomic E-state index is 12.2. The Balaban J connectivity index is 3.27. The Labute approximate surface area is 95.0 Å². The Bertz CT molecular complexity index is 427. The van der Waals surface area contributed by atoms with Crippen LogP contribution in [0.3, 0.4) is 0 Å². The molecular formula is C10H8ClF3O2. The summed E-state index contributed by atoms with van der Waals surface area (Å²) in [5, 5.41) is -0.273. The average Bonchev–Trinajstić information content (AvgIpc) is 2.18. The molecule has 6 heteroatoms. The van der Waals surface area contributed by atoms with E-state index in [0.717, 1.165) is 6.07 Å². The smallest absolute Gasteiger partial charge is 0.454 e. The summed E-state index contributed by atoms with van der Waals surface area (Å²) < 4.78 is 41.4. The van der Waals surface area contributed by atoms with Crippen molar-refractivity contribution in [3.8, 4) is 5.75 Å². The zero-order valence-electron chi connectivity index (χ0n) is 8.48. The van der Waals surface area contributed by atoms with Gasteiger partial charge in [0.1, 0.15) is 5.75 Å². The van der Waals surface area contributed by atoms with Crippen LogP contribution in [0.4, 0.5) is 13.2 Å². The standard InChI is InChI=1S/C10H8ClF3O2/c1-5-3-6(9(15)10(12,13)14)7(11)4-8(5)16-2/h3-4H,1-2H3. The molecule has 16 heavy (non-hydrogen) atoms. The van der Waals surface area contributed by atoms with Crippen LogP contribution in [0.1, 0.15) is 15.9 Å². The monoisotopic (exact) mass is 252 g/mol. The van der Waals surface area contributed by atoms with Crippen LogP contribution >= 0.6 is 11.6 Å². The molecule has 0 radical (unpaired) electrons. The van der Waals surface area contributed by atoms with Crippen LogP contribution in [-0.4, -0.2) is 19.1 Å². The van der Waals surface area contributed by atoms with Crippen LogP contribution in [0.25, 0.3) is 0 Å². The average molecular weight is 253 g/mol. The molecule has 0 aliphatic heterocycles. The Hall–Kier alpha value is -1.23. The summed E-state index contributed by atoms with van der Waals surface area (Å²) in [4.78, 5) is 11.0. The van der Waals surface area contributed by atoms with E-state index in [9.17, 15) is 18.0 Å². The van der Waals surface area contributed by atoms with Gasteiger partial charge >= 0.3 is 6.18 Å². The van der Waals surface area contributed by atoms with Crippen molar-refractivity contribution in [2.24, 2.45) is 0 Å². The molecule has 2 nitrogen and oxygen atoms in total. The van der Waals surface area contributed by atoms with Crippen molar-refractivity contribution < 1.29 is 22.7 Å². The molecule has 0 saturated heterocycles. The molecule has 88 valence electrons. The molecule has 1 aromatic carbocycles. The quantitative estimate of drug-likeness (QED) is 0.754. The first kappa shape index (κ1) is 12.8. The number of benzene rings is 1. The zero-order valence-corrected chi connectivity index (χ0v) is 9.24. The number of Topliss-reactive ketones (excluding diaryl/α,β-unsaturated/α-hetero) is 1. The van der Waals surface area contributed by atoms with E-state index in [0.29, 0.717) is 11.3 Å². The molecule has 0 amide bonds. The third kappa shape index (κ3) is 2.47. The molecule has 0 aliphatic rings. The molecule has 1 rings (SSSR count). The predicted molar refractivity (Wildman–Crippen MR) is 53.1 cm³/mol. The number of carbonyl (C=O) groups is 1. The van der Waals surface area contributed by atoms with Crippen molar-refractivity contribution >= 4 is 17.4 Å². The van der Waals surface area contributed by atoms with Gasteiger partial charge in [-0.2, -0.15) is 13.2 Å². The second-order valence-corrected chi connectivity index (χ2v) is 3.54. The summed E-state index contributed by atoms with van der Waals surface area (Å²) >= 11 is 5.58. The Kier molecular flexibility index (Phi) is 3.48. The Morgan fingerprint density at radius 1 is 1.38 bits per heavy atom. The summed E-state index contributed by atoms with van der Waals surface area (Å²) in [6.45, 7) is 1.53. The van der Waals surface area contributed by atoms with Crippen molar-refractivity contribution in [3.05, 3.63) is 28.3 Å². The van der Waals surface area contributed by atoms with Crippen LogP contribution in [0.2, 0.25) is 5.02 Å². The number of aryl methyl sites for hydroxylation is 1. The van der Waals surface area contributed by atoms with Gasteiger partial charge in [0.2, 0.25) is 0 Å². The highest BCUT2D eigenvalue weighted by Gasteiger charge is 2.40. The number of rotatable bonds is 2. The lowest BCUT2D eigenvalue weighted by atomic mass is 10.1. The van der Waals surface area contributed by atoms with Gasteiger partial charge in [0, 0.05) is 5.56 Å². The molecule has 0 heterocycles. The van der Waals surface area contributed by atoms with E-state index in [4.69, 9.17) is 16.3 Å². The minimum absolute atomic E-state index is 0.273. The normalized spacial score (nSPS) is 11.4. The third-order valence-electron chi connectivity index (χ3n) is 1.99. The van der Waals surface area contributed by atoms with Crippen molar-refractivity contribution in [1.82, 2.24) is 0 Å². The molecule has 0 N–H and O–H groups in total. The van der Waals surface area contributed by atoms with E-state index in [2.05, 4.69) is 0 Å². The van der Waals surface area contributed by atoms with E-state index in [1.54, 1.807) is 0 Å². The van der Waals surface area contributed by atoms with Gasteiger partial charge in [0.05, 0.1) is 12.1 Å². The van der Waals surface area contributed by atoms with Crippen molar-refractivity contribution in [1.29, 1.82) is 0 Å². The number of ether oxygens (including phenoxy) is 1. The number of halogens is 4. The van der Waals surface area contributed by atoms with Crippen molar-refractivity contribution in [3.63, 3.8) is 0 Å². The van der Waals surface area contributed by atoms with Crippen molar-refractivity contribution in [2.45, 2.75) is 13.1 Å². The van der Waals surface area contributed by atoms with Gasteiger partial charge in [-0.15, -0.1) is 0 Å². The largest absolute Gasteiger partial charge is 0.496 e. The molecule has 0 saturated carbocycles. The lowest BCUT2D eigenvalue weighted by Crippen LogP contribution is -2.23. The van der Waals surface area contributed by atoms with E-state index in [1.807, 2.05) is 0 Å². The first-order valence-corrected chi connectivity index (χ1v) is 4.61. The highest BCUT2D eigenvalue weighted by atomic mass is 35.5. The van der Waals surface area contributed by atoms with Crippen LogP contribution in [0.5, 0.6) is 5.75 Å². The molecule has 0 aromatic heterocycles. The fourth-order valence-electron chi connectivity index (χ4n) is 1.21. The van der Waals surface area contributed by atoms with Gasteiger partial charge in [-0.25, -0.2) is 0 Å². The molecule has 0 bridgehead atoms. The van der Waals surface area contributed by atoms with E-state index in [1.165, 1.54) is 20.1 Å². The molecule has 0 aliphatic carbocycles. The number of ketones is 1. The highest BCUT2D eigenvalue weighted by Crippen LogP contribution is 2.31. The summed E-state index contributed by atoms with van der Waals surface area (Å²) in [5.41, 5.74) is -0.146. The summed E-state index contributed by atoms with van der Waals surface area (Å²) in [7, 11) is 1.36. The lowest BCUT2D eigenvalue weighted by molar-refractivity contribution is -0.0885. The highest BCUT2D eigenvalue weighted by molar-refractivity contribution is 6.34. The SMILES string of the molecule is COc1cc(Cl)c(C(=O)C(F)(F)F)cc1C. The molecule has 0 spiro atoms. The van der Waals surface area contributed by atoms with Gasteiger partial charge in [0.25, 0.3) is 5.78 Å². The summed E-state index contributed by atoms with van der Waals surface area (Å²) in [6.07, 6.45) is -4.93. The van der Waals surface area contributed by atoms with Crippen LogP contribution in [-0.2, 0) is 0 Å². The van der Waals surface area contributed by atoms with Crippen molar-refractivity contribution in [2.75, 3.05) is 7.11 Å². The van der Waals surface area contributed by atoms with E-state index in [-0.39, 0.29) is 5.02 Å². The van der Waals surface area contributed by atoms with E-state index < -0.39 is 17.5 Å². The second kappa shape index (κ2) is 4.33. The number of methoxy groups -OCH3 is 1. The van der Waals surface area contributed by atoms with Gasteiger partial charge < -0.3 is 4.74 Å². The molecule has 0 fully saturated rings. The number of hydrogen-bond donors (Lipinski definition) is 0. The number of alkyl halides is 3. The predicted octanol–water partition coefficient (Wildman–Crippen LogP) is 3.40. The Morgan fingerprint density at radius 3 is 2.38 bits per heavy atom. The molecule has 0 atom stereocenters. The summed E-state index contributed by atoms with van der Waals surface area (Å²) in [6, 6.07) is 2.26. The molecule has 0 unspecified atom stereocenters. The fraction of sp³-hybridized carbons (Fsp3) is 0.300. The first-order valence-electron chi connectivity index (χ1n) is 4.23. The van der Waals surface area contributed by atoms with Gasteiger partial charge in [0.15, 0.2) is 0 Å². The number of carbonyl (C=O) groups excluding carboxylic acids is 1. The van der Waals surface area contributed by atoms with E-state index >= 15 is 0 Å². The first-order chi connectivity index (χ1) is 7.27. The fourth-order valence-corrected chi connectivity index (χ4v) is 1.45. The third-order valence-corrected chi connectivity index (χ3v) is 2.30. The molecule has 1 aromatic rings. The minimum atomic E-state index is -4.93. The zero-order chi connectivity index (χ0) is 12.5. The number of hydrogen-bond acceptors (Lipinski definition) is 2. The van der Waals surface area contributed by atoms with Crippen LogP contribution in [0, 0.1) is 6.92 Å². The summed E-state index contributed by atoms with van der Waals surface area (Å²) in [5.74, 6) is -1.62.